The van der Waals surface area contributed by atoms with Gasteiger partial charge in [-0.3, -0.25) is 0 Å². The fraction of sp³-hybridized carbons (Fsp3) is 0.667. The molecule has 2 radical (unpaired) electrons. The monoisotopic (exact) mass is 331 g/mol. The first-order valence-corrected chi connectivity index (χ1v) is 10.6. The first kappa shape index (κ1) is 15.9. The van der Waals surface area contributed by atoms with Crippen molar-refractivity contribution in [1.29, 1.82) is 0 Å². The minimum Gasteiger partial charge on any atom is -0.497 e. The van der Waals surface area contributed by atoms with Crippen molar-refractivity contribution in [2.24, 2.45) is 17.8 Å². The van der Waals surface area contributed by atoms with Gasteiger partial charge in [0.1, 0.15) is 24.0 Å². The molecule has 4 fully saturated rings. The van der Waals surface area contributed by atoms with Gasteiger partial charge in [-0.05, 0) is 80.5 Å². The van der Waals surface area contributed by atoms with Gasteiger partial charge in [0.15, 0.2) is 6.35 Å². The third-order valence-electron chi connectivity index (χ3n) is 6.06. The van der Waals surface area contributed by atoms with Crippen molar-refractivity contribution >= 4 is 20.2 Å². The molecule has 1 N–H and O–H groups in total. The number of hydrogen-bond acceptors (Lipinski definition) is 3. The van der Waals surface area contributed by atoms with E-state index in [0.717, 1.165) is 48.1 Å². The number of ether oxygens (including phenoxy) is 1. The summed E-state index contributed by atoms with van der Waals surface area (Å²) in [6, 6.07) is 7.69. The van der Waals surface area contributed by atoms with Crippen molar-refractivity contribution < 1.29 is 14.4 Å². The Labute approximate surface area is 140 Å². The lowest BCUT2D eigenvalue weighted by Gasteiger charge is -2.56. The molecule has 1 unspecified atom stereocenters. The summed E-state index contributed by atoms with van der Waals surface area (Å²) in [5, 5.41) is 11.0. The summed E-state index contributed by atoms with van der Waals surface area (Å²) in [5.41, 5.74) is -0.0834. The van der Waals surface area contributed by atoms with Gasteiger partial charge in [-0.1, -0.05) is 0 Å². The van der Waals surface area contributed by atoms with E-state index in [-0.39, 0.29) is 11.9 Å². The molecule has 4 saturated carbocycles. The van der Waals surface area contributed by atoms with Crippen LogP contribution in [-0.4, -0.2) is 31.7 Å². The van der Waals surface area contributed by atoms with E-state index in [1.54, 1.807) is 7.11 Å². The quantitative estimate of drug-likeness (QED) is 0.665. The van der Waals surface area contributed by atoms with Gasteiger partial charge in [0.25, 0.3) is 0 Å². The largest absolute Gasteiger partial charge is 0.497 e. The van der Waals surface area contributed by atoms with Crippen LogP contribution < -0.4 is 10.0 Å². The van der Waals surface area contributed by atoms with Crippen LogP contribution in [0, 0.1) is 17.8 Å². The van der Waals surface area contributed by atoms with Gasteiger partial charge in [-0.25, -0.2) is 4.52 Å². The van der Waals surface area contributed by atoms with Crippen molar-refractivity contribution in [3.63, 3.8) is 0 Å². The van der Waals surface area contributed by atoms with Crippen molar-refractivity contribution in [3.8, 4) is 5.75 Å². The second-order valence-corrected chi connectivity index (χ2v) is 10.4. The minimum atomic E-state index is -2.48. The highest BCUT2D eigenvalue weighted by Gasteiger charge is 2.57. The van der Waals surface area contributed by atoms with Crippen molar-refractivity contribution in [3.05, 3.63) is 24.3 Å². The highest BCUT2D eigenvalue weighted by atomic mass is 31.2. The summed E-state index contributed by atoms with van der Waals surface area (Å²) in [4.78, 5) is 0. The van der Waals surface area contributed by atoms with Crippen molar-refractivity contribution in [2.45, 2.75) is 44.1 Å². The Hall–Kier alpha value is -0.565. The number of hydrogen-bond donors (Lipinski definition) is 1. The lowest BCUT2D eigenvalue weighted by Crippen LogP contribution is -2.52. The molecule has 1 atom stereocenters. The molecule has 0 saturated heterocycles. The Kier molecular flexibility index (Phi) is 3.99. The Morgan fingerprint density at radius 2 is 1.61 bits per heavy atom. The Balaban J connectivity index is 1.59. The number of rotatable bonds is 5. The predicted octanol–water partition coefficient (Wildman–Crippen LogP) is 3.27. The molecule has 5 heteroatoms. The van der Waals surface area contributed by atoms with E-state index in [9.17, 15) is 5.11 Å². The molecule has 3 nitrogen and oxygen atoms in total. The summed E-state index contributed by atoms with van der Waals surface area (Å²) >= 11 is 0. The van der Waals surface area contributed by atoms with Crippen molar-refractivity contribution in [2.75, 3.05) is 13.5 Å². The molecule has 4 bridgehead atoms. The summed E-state index contributed by atoms with van der Waals surface area (Å²) < 4.78 is 11.9. The Morgan fingerprint density at radius 3 is 2.04 bits per heavy atom. The van der Waals surface area contributed by atoms with Crippen LogP contribution in [0.3, 0.4) is 0 Å². The number of aliphatic hydroxyl groups excluding tert-OH is 1. The maximum absolute atomic E-state index is 10.0. The lowest BCUT2D eigenvalue weighted by atomic mass is 9.54. The van der Waals surface area contributed by atoms with Gasteiger partial charge >= 0.3 is 7.57 Å². The van der Waals surface area contributed by atoms with Crippen LogP contribution in [0.15, 0.2) is 24.3 Å². The fourth-order valence-electron chi connectivity index (χ4n) is 5.49. The molecule has 0 heterocycles. The molecule has 122 valence electrons. The first-order chi connectivity index (χ1) is 11.0. The number of aliphatic hydroxyl groups is 1. The minimum absolute atomic E-state index is 0.0834. The molecule has 0 aromatic heterocycles. The Bertz CT molecular complexity index is 541. The molecule has 1 aromatic rings. The topological polar surface area (TPSA) is 38.7 Å². The van der Waals surface area contributed by atoms with Crippen LogP contribution >= 0.6 is 7.37 Å². The van der Waals surface area contributed by atoms with Crippen molar-refractivity contribution in [1.82, 2.24) is 0 Å². The summed E-state index contributed by atoms with van der Waals surface area (Å²) in [6.45, 7) is 0. The molecule has 1 aromatic carbocycles. The zero-order valence-corrected chi connectivity index (χ0v) is 14.7. The molecule has 0 spiro atoms. The molecule has 4 aliphatic carbocycles. The van der Waals surface area contributed by atoms with E-state index in [1.165, 1.54) is 19.3 Å². The van der Waals surface area contributed by atoms with E-state index in [1.807, 2.05) is 24.3 Å². The van der Waals surface area contributed by atoms with E-state index < -0.39 is 7.37 Å². The normalized spacial score (nSPS) is 37.6. The average molecular weight is 331 g/mol. The second-order valence-electron chi connectivity index (χ2n) is 7.83. The van der Waals surface area contributed by atoms with Gasteiger partial charge in [0, 0.05) is 0 Å². The molecule has 0 amide bonds. The molecular weight excluding hydrogens is 306 g/mol. The third-order valence-corrected chi connectivity index (χ3v) is 8.36. The lowest BCUT2D eigenvalue weighted by molar-refractivity contribution is -0.104. The van der Waals surface area contributed by atoms with Gasteiger partial charge in [0.2, 0.25) is 0 Å². The summed E-state index contributed by atoms with van der Waals surface area (Å²) in [5.74, 6) is 3.23. The van der Waals surface area contributed by atoms with Crippen LogP contribution in [0.25, 0.3) is 0 Å². The first-order valence-electron chi connectivity index (χ1n) is 8.67. The van der Waals surface area contributed by atoms with E-state index in [4.69, 9.17) is 16.8 Å². The van der Waals surface area contributed by atoms with Gasteiger partial charge in [-0.15, -0.1) is 0 Å². The van der Waals surface area contributed by atoms with Crippen LogP contribution in [0.4, 0.5) is 0 Å². The molecule has 23 heavy (non-hydrogen) atoms. The Morgan fingerprint density at radius 1 is 1.09 bits per heavy atom. The molecule has 5 rings (SSSR count). The van der Waals surface area contributed by atoms with Crippen LogP contribution in [0.5, 0.6) is 5.75 Å². The maximum Gasteiger partial charge on any atom is 0.411 e. The third kappa shape index (κ3) is 2.84. The zero-order chi connectivity index (χ0) is 16.1. The SMILES string of the molecule is [B][P+](CO)(OC12CC3CC(CC(C3)C1)C2)c1ccc(OC)cc1. The van der Waals surface area contributed by atoms with Crippen LogP contribution in [-0.2, 0) is 4.52 Å². The number of methoxy groups -OCH3 is 1. The summed E-state index contributed by atoms with van der Waals surface area (Å²) in [7, 11) is 5.80. The van der Waals surface area contributed by atoms with E-state index in [2.05, 4.69) is 0 Å². The summed E-state index contributed by atoms with van der Waals surface area (Å²) in [6.07, 6.45) is 7.43. The smallest absolute Gasteiger partial charge is 0.411 e. The predicted molar refractivity (Wildman–Crippen MR) is 94.4 cm³/mol. The second kappa shape index (κ2) is 5.76. The standard InChI is InChI=1S/C18H25BO3P/c1-21-16-2-4-17(5-3-16)23(19,12-20)22-18-9-13-6-14(10-18)8-15(7-13)11-18/h2-5,13-15,20H,6-12H2,1H3/q+1. The van der Waals surface area contributed by atoms with Gasteiger partial charge in [-0.2, -0.15) is 0 Å². The van der Waals surface area contributed by atoms with Gasteiger partial charge in [0.05, 0.1) is 7.11 Å². The van der Waals surface area contributed by atoms with E-state index >= 15 is 0 Å². The number of benzene rings is 1. The average Bonchev–Trinajstić information content (AvgIpc) is 2.53. The van der Waals surface area contributed by atoms with E-state index in [0.29, 0.717) is 0 Å². The fourth-order valence-corrected chi connectivity index (χ4v) is 7.38. The highest BCUT2D eigenvalue weighted by Crippen LogP contribution is 2.65. The molecule has 0 aliphatic heterocycles. The zero-order valence-electron chi connectivity index (χ0n) is 13.8. The highest BCUT2D eigenvalue weighted by molar-refractivity contribution is 7.99. The molecule has 4 aliphatic rings. The van der Waals surface area contributed by atoms with Crippen LogP contribution in [0.2, 0.25) is 0 Å². The molecular formula is C18H25BO3P+. The maximum atomic E-state index is 10.0. The van der Waals surface area contributed by atoms with Gasteiger partial charge < -0.3 is 9.84 Å². The van der Waals surface area contributed by atoms with Crippen LogP contribution in [0.1, 0.15) is 38.5 Å².